The van der Waals surface area contributed by atoms with Crippen LogP contribution in [0.4, 0.5) is 8.78 Å². The summed E-state index contributed by atoms with van der Waals surface area (Å²) in [5.74, 6) is -1.21. The molecule has 2 rings (SSSR count). The van der Waals surface area contributed by atoms with Gasteiger partial charge in [0.1, 0.15) is 11.6 Å². The molecule has 0 bridgehead atoms. The van der Waals surface area contributed by atoms with Crippen LogP contribution in [0, 0.1) is 25.5 Å². The number of aryl methyl sites for hydroxylation is 2. The van der Waals surface area contributed by atoms with E-state index in [0.717, 1.165) is 15.3 Å². The maximum atomic E-state index is 13.6. The maximum absolute atomic E-state index is 13.6. The average Bonchev–Trinajstić information content (AvgIpc) is 2.57. The van der Waals surface area contributed by atoms with E-state index in [9.17, 15) is 8.78 Å². The lowest BCUT2D eigenvalue weighted by molar-refractivity contribution is 0.559. The van der Waals surface area contributed by atoms with Gasteiger partial charge in [-0.25, -0.2) is 8.78 Å². The van der Waals surface area contributed by atoms with Crippen LogP contribution in [0.15, 0.2) is 24.3 Å². The molecule has 0 radical (unpaired) electrons. The lowest BCUT2D eigenvalue weighted by atomic mass is 10.0. The Morgan fingerprint density at radius 3 is 2.24 bits per heavy atom. The summed E-state index contributed by atoms with van der Waals surface area (Å²) in [6.07, 6.45) is 0. The summed E-state index contributed by atoms with van der Waals surface area (Å²) in [5.41, 5.74) is 0.702. The Kier molecular flexibility index (Phi) is 3.50. The number of rotatable bonds is 2. The molecule has 0 aliphatic rings. The van der Waals surface area contributed by atoms with Gasteiger partial charge in [-0.2, -0.15) is 0 Å². The highest BCUT2D eigenvalue weighted by atomic mass is 35.5. The fourth-order valence-electron chi connectivity index (χ4n) is 1.81. The quantitative estimate of drug-likeness (QED) is 0.677. The third-order valence-electron chi connectivity index (χ3n) is 2.61. The summed E-state index contributed by atoms with van der Waals surface area (Å²) in [5, 5.41) is -0.777. The second-order valence-corrected chi connectivity index (χ2v) is 5.76. The van der Waals surface area contributed by atoms with Crippen LogP contribution < -0.4 is 0 Å². The first-order valence-corrected chi connectivity index (χ1v) is 6.41. The zero-order valence-corrected chi connectivity index (χ0v) is 11.0. The van der Waals surface area contributed by atoms with Crippen LogP contribution in [0.5, 0.6) is 0 Å². The standard InChI is InChI=1S/C13H11ClF2S/c1-7-6-9(8(2)17-7)13(14)12-10(15)4-3-5-11(12)16/h3-6,13H,1-2H3. The fourth-order valence-corrected chi connectivity index (χ4v) is 3.27. The molecule has 0 nitrogen and oxygen atoms in total. The third kappa shape index (κ3) is 2.35. The summed E-state index contributed by atoms with van der Waals surface area (Å²) < 4.78 is 27.2. The fraction of sp³-hybridized carbons (Fsp3) is 0.231. The molecule has 1 unspecified atom stereocenters. The van der Waals surface area contributed by atoms with Gasteiger partial charge in [-0.05, 0) is 37.6 Å². The van der Waals surface area contributed by atoms with Gasteiger partial charge in [-0.15, -0.1) is 22.9 Å². The number of hydrogen-bond acceptors (Lipinski definition) is 1. The van der Waals surface area contributed by atoms with Crippen LogP contribution in [-0.2, 0) is 0 Å². The highest BCUT2D eigenvalue weighted by Crippen LogP contribution is 2.37. The van der Waals surface area contributed by atoms with E-state index in [1.807, 2.05) is 19.9 Å². The summed E-state index contributed by atoms with van der Waals surface area (Å²) in [6.45, 7) is 3.85. The minimum Gasteiger partial charge on any atom is -0.207 e. The normalized spacial score (nSPS) is 12.8. The van der Waals surface area contributed by atoms with Crippen LogP contribution >= 0.6 is 22.9 Å². The first-order chi connectivity index (χ1) is 8.00. The Morgan fingerprint density at radius 1 is 1.18 bits per heavy atom. The van der Waals surface area contributed by atoms with E-state index < -0.39 is 17.0 Å². The van der Waals surface area contributed by atoms with Crippen molar-refractivity contribution in [3.8, 4) is 0 Å². The van der Waals surface area contributed by atoms with Crippen molar-refractivity contribution in [1.29, 1.82) is 0 Å². The lowest BCUT2D eigenvalue weighted by Crippen LogP contribution is -2.00. The number of hydrogen-bond donors (Lipinski definition) is 0. The minimum atomic E-state index is -0.777. The van der Waals surface area contributed by atoms with Gasteiger partial charge in [0.15, 0.2) is 0 Å². The predicted octanol–water partition coefficient (Wildman–Crippen LogP) is 4.97. The molecule has 0 amide bonds. The van der Waals surface area contributed by atoms with E-state index in [-0.39, 0.29) is 5.56 Å². The Balaban J connectivity index is 2.51. The van der Waals surface area contributed by atoms with E-state index in [1.165, 1.54) is 18.2 Å². The molecular formula is C13H11ClF2S. The molecule has 1 atom stereocenters. The van der Waals surface area contributed by atoms with Crippen LogP contribution in [0.3, 0.4) is 0 Å². The summed E-state index contributed by atoms with van der Waals surface area (Å²) in [4.78, 5) is 2.07. The van der Waals surface area contributed by atoms with Gasteiger partial charge in [0, 0.05) is 15.3 Å². The smallest absolute Gasteiger partial charge is 0.131 e. The van der Waals surface area contributed by atoms with Crippen molar-refractivity contribution in [1.82, 2.24) is 0 Å². The highest BCUT2D eigenvalue weighted by Gasteiger charge is 2.22. The Labute approximate surface area is 108 Å². The minimum absolute atomic E-state index is 0.0740. The monoisotopic (exact) mass is 272 g/mol. The van der Waals surface area contributed by atoms with Gasteiger partial charge in [-0.3, -0.25) is 0 Å². The molecule has 1 aromatic carbocycles. The van der Waals surface area contributed by atoms with Crippen LogP contribution in [-0.4, -0.2) is 0 Å². The van der Waals surface area contributed by atoms with E-state index in [4.69, 9.17) is 11.6 Å². The van der Waals surface area contributed by atoms with Crippen molar-refractivity contribution < 1.29 is 8.78 Å². The molecule has 90 valence electrons. The summed E-state index contributed by atoms with van der Waals surface area (Å²) >= 11 is 7.76. The third-order valence-corrected chi connectivity index (χ3v) is 4.04. The van der Waals surface area contributed by atoms with Crippen molar-refractivity contribution >= 4 is 22.9 Å². The Bertz CT molecular complexity index is 528. The summed E-state index contributed by atoms with van der Waals surface area (Å²) in [6, 6.07) is 5.66. The first-order valence-electron chi connectivity index (χ1n) is 5.15. The van der Waals surface area contributed by atoms with Gasteiger partial charge in [-0.1, -0.05) is 6.07 Å². The van der Waals surface area contributed by atoms with Crippen molar-refractivity contribution in [3.05, 3.63) is 56.8 Å². The zero-order chi connectivity index (χ0) is 12.6. The molecule has 0 aliphatic carbocycles. The Hall–Kier alpha value is -0.930. The molecule has 1 heterocycles. The van der Waals surface area contributed by atoms with Crippen molar-refractivity contribution in [2.24, 2.45) is 0 Å². The molecule has 1 aromatic heterocycles. The molecule has 0 saturated heterocycles. The van der Waals surface area contributed by atoms with Gasteiger partial charge < -0.3 is 0 Å². The van der Waals surface area contributed by atoms with E-state index in [2.05, 4.69) is 0 Å². The summed E-state index contributed by atoms with van der Waals surface area (Å²) in [7, 11) is 0. The topological polar surface area (TPSA) is 0 Å². The van der Waals surface area contributed by atoms with E-state index in [0.29, 0.717) is 0 Å². The molecule has 0 N–H and O–H groups in total. The molecule has 17 heavy (non-hydrogen) atoms. The largest absolute Gasteiger partial charge is 0.207 e. The molecule has 2 aromatic rings. The number of benzene rings is 1. The highest BCUT2D eigenvalue weighted by molar-refractivity contribution is 7.12. The van der Waals surface area contributed by atoms with Crippen LogP contribution in [0.1, 0.15) is 26.3 Å². The predicted molar refractivity (Wildman–Crippen MR) is 67.8 cm³/mol. The van der Waals surface area contributed by atoms with Gasteiger partial charge in [0.25, 0.3) is 0 Å². The van der Waals surface area contributed by atoms with Crippen molar-refractivity contribution in [3.63, 3.8) is 0 Å². The first kappa shape index (κ1) is 12.5. The van der Waals surface area contributed by atoms with Gasteiger partial charge in [0.2, 0.25) is 0 Å². The maximum Gasteiger partial charge on any atom is 0.131 e. The molecule has 0 fully saturated rings. The second kappa shape index (κ2) is 4.75. The van der Waals surface area contributed by atoms with Crippen molar-refractivity contribution in [2.75, 3.05) is 0 Å². The van der Waals surface area contributed by atoms with Gasteiger partial charge >= 0.3 is 0 Å². The molecule has 0 spiro atoms. The number of thiophene rings is 1. The van der Waals surface area contributed by atoms with E-state index in [1.54, 1.807) is 11.3 Å². The SMILES string of the molecule is Cc1cc(C(Cl)c2c(F)cccc2F)c(C)s1. The van der Waals surface area contributed by atoms with Crippen LogP contribution in [0.2, 0.25) is 0 Å². The van der Waals surface area contributed by atoms with Gasteiger partial charge in [0.05, 0.1) is 5.38 Å². The number of halogens is 3. The van der Waals surface area contributed by atoms with E-state index >= 15 is 0 Å². The number of alkyl halides is 1. The zero-order valence-electron chi connectivity index (χ0n) is 9.43. The lowest BCUT2D eigenvalue weighted by Gasteiger charge is -2.11. The molecule has 0 aliphatic heterocycles. The molecule has 0 saturated carbocycles. The molecule has 4 heteroatoms. The molecular weight excluding hydrogens is 262 g/mol. The van der Waals surface area contributed by atoms with Crippen molar-refractivity contribution in [2.45, 2.75) is 19.2 Å². The second-order valence-electron chi connectivity index (χ2n) is 3.87. The van der Waals surface area contributed by atoms with Crippen LogP contribution in [0.25, 0.3) is 0 Å². The average molecular weight is 273 g/mol. The Morgan fingerprint density at radius 2 is 1.76 bits per heavy atom.